The average molecular weight is 413 g/mol. The molecule has 1 N–H and O–H groups in total. The van der Waals surface area contributed by atoms with E-state index in [1.807, 2.05) is 25.6 Å². The predicted octanol–water partition coefficient (Wildman–Crippen LogP) is 3.73. The number of amides is 1. The maximum absolute atomic E-state index is 12.0. The van der Waals surface area contributed by atoms with Crippen LogP contribution in [0.2, 0.25) is 0 Å². The van der Waals surface area contributed by atoms with Gasteiger partial charge in [-0.05, 0) is 51.2 Å². The molecule has 1 amide bonds. The predicted molar refractivity (Wildman–Crippen MR) is 126 cm³/mol. The lowest BCUT2D eigenvalue weighted by Gasteiger charge is -2.29. The van der Waals surface area contributed by atoms with Crippen LogP contribution in [0.15, 0.2) is 50.3 Å². The first-order chi connectivity index (χ1) is 14.4. The van der Waals surface area contributed by atoms with Crippen molar-refractivity contribution in [2.24, 2.45) is 21.0 Å². The molecule has 7 heteroatoms. The molecule has 0 saturated carbocycles. The number of nitrogens with zero attached hydrogens (tertiary/aromatic N) is 5. The number of hydrogen-bond acceptors (Lipinski definition) is 5. The van der Waals surface area contributed by atoms with Gasteiger partial charge in [-0.15, -0.1) is 0 Å². The molecule has 7 nitrogen and oxygen atoms in total. The number of hydrazone groups is 1. The van der Waals surface area contributed by atoms with E-state index in [4.69, 9.17) is 0 Å². The van der Waals surface area contributed by atoms with Crippen molar-refractivity contribution in [2.75, 3.05) is 26.7 Å². The number of rotatable bonds is 4. The Morgan fingerprint density at radius 1 is 1.17 bits per heavy atom. The van der Waals surface area contributed by atoms with E-state index in [2.05, 4.69) is 58.2 Å². The average Bonchev–Trinajstić information content (AvgIpc) is 2.95. The topological polar surface area (TPSA) is 72.7 Å². The third kappa shape index (κ3) is 7.28. The molecule has 0 atom stereocenters. The maximum atomic E-state index is 12.0. The largest absolute Gasteiger partial charge is 0.361 e. The molecule has 1 saturated heterocycles. The van der Waals surface area contributed by atoms with Crippen LogP contribution in [0.3, 0.4) is 0 Å². The van der Waals surface area contributed by atoms with Crippen molar-refractivity contribution in [3.63, 3.8) is 0 Å². The fourth-order valence-corrected chi connectivity index (χ4v) is 3.25. The van der Waals surface area contributed by atoms with Crippen LogP contribution < -0.4 is 5.32 Å². The third-order valence-electron chi connectivity index (χ3n) is 5.01. The van der Waals surface area contributed by atoms with Gasteiger partial charge in [-0.1, -0.05) is 26.0 Å². The summed E-state index contributed by atoms with van der Waals surface area (Å²) in [6.45, 7) is 10.8. The zero-order chi connectivity index (χ0) is 21.9. The second-order valence-corrected chi connectivity index (χ2v) is 7.95. The Bertz CT molecular complexity index is 747. The second-order valence-electron chi connectivity index (χ2n) is 7.95. The van der Waals surface area contributed by atoms with E-state index in [0.717, 1.165) is 31.0 Å². The van der Waals surface area contributed by atoms with Crippen molar-refractivity contribution in [3.05, 3.63) is 35.2 Å². The highest BCUT2D eigenvalue weighted by molar-refractivity contribution is 6.00. The summed E-state index contributed by atoms with van der Waals surface area (Å²) in [4.78, 5) is 22.9. The highest BCUT2D eigenvalue weighted by Gasteiger charge is 2.25. The number of piperidine rings is 1. The van der Waals surface area contributed by atoms with Gasteiger partial charge in [0.25, 0.3) is 5.91 Å². The fourth-order valence-electron chi connectivity index (χ4n) is 3.25. The molecular formula is C23H36N6O. The van der Waals surface area contributed by atoms with E-state index in [9.17, 15) is 4.79 Å². The van der Waals surface area contributed by atoms with Gasteiger partial charge in [0, 0.05) is 38.0 Å². The third-order valence-corrected chi connectivity index (χ3v) is 5.01. The molecule has 0 aromatic heterocycles. The van der Waals surface area contributed by atoms with Crippen LogP contribution >= 0.6 is 0 Å². The number of amidine groups is 1. The second kappa shape index (κ2) is 12.1. The van der Waals surface area contributed by atoms with Crippen LogP contribution in [0.1, 0.15) is 53.4 Å². The molecule has 0 aromatic carbocycles. The summed E-state index contributed by atoms with van der Waals surface area (Å²) in [5.74, 6) is 0.931. The van der Waals surface area contributed by atoms with Crippen LogP contribution in [0.4, 0.5) is 0 Å². The Kier molecular flexibility index (Phi) is 9.51. The SMILES string of the molecule is CC1=CCC=C(C)N=C1.CNC(=O)C1=CCN=C(C(C)C)N1/N=C/N1CCCCC1. The summed E-state index contributed by atoms with van der Waals surface area (Å²) in [6, 6.07) is 0. The number of aliphatic imine (C=N–C) groups is 2. The first kappa shape index (κ1) is 23.6. The molecule has 3 aliphatic rings. The van der Waals surface area contributed by atoms with Gasteiger partial charge in [0.2, 0.25) is 0 Å². The molecule has 0 spiro atoms. The van der Waals surface area contributed by atoms with Crippen molar-refractivity contribution >= 4 is 24.3 Å². The molecule has 0 unspecified atom stereocenters. The first-order valence-corrected chi connectivity index (χ1v) is 10.8. The van der Waals surface area contributed by atoms with Crippen LogP contribution in [0, 0.1) is 5.92 Å². The number of nitrogens with one attached hydrogen (secondary N) is 1. The molecule has 3 heterocycles. The van der Waals surface area contributed by atoms with Gasteiger partial charge < -0.3 is 10.2 Å². The van der Waals surface area contributed by atoms with Gasteiger partial charge >= 0.3 is 0 Å². The molecule has 1 fully saturated rings. The molecular weight excluding hydrogens is 376 g/mol. The number of carbonyl (C=O) groups excluding carboxylic acids is 1. The van der Waals surface area contributed by atoms with Gasteiger partial charge in [-0.3, -0.25) is 14.8 Å². The lowest BCUT2D eigenvalue weighted by Crippen LogP contribution is -2.40. The smallest absolute Gasteiger partial charge is 0.269 e. The zero-order valence-electron chi connectivity index (χ0n) is 19.1. The summed E-state index contributed by atoms with van der Waals surface area (Å²) in [5.41, 5.74) is 2.93. The highest BCUT2D eigenvalue weighted by Crippen LogP contribution is 2.17. The quantitative estimate of drug-likeness (QED) is 0.565. The van der Waals surface area contributed by atoms with Crippen LogP contribution in [-0.2, 0) is 4.79 Å². The monoisotopic (exact) mass is 412 g/mol. The van der Waals surface area contributed by atoms with E-state index in [-0.39, 0.29) is 11.8 Å². The number of hydrogen-bond donors (Lipinski definition) is 1. The number of likely N-dealkylation sites (N-methyl/N-ethyl adjacent to an activating group) is 1. The van der Waals surface area contributed by atoms with Crippen molar-refractivity contribution in [2.45, 2.75) is 53.4 Å². The fraction of sp³-hybridized carbons (Fsp3) is 0.565. The maximum Gasteiger partial charge on any atom is 0.269 e. The summed E-state index contributed by atoms with van der Waals surface area (Å²) in [7, 11) is 1.64. The zero-order valence-corrected chi connectivity index (χ0v) is 19.1. The van der Waals surface area contributed by atoms with Gasteiger partial charge in [-0.25, -0.2) is 5.01 Å². The van der Waals surface area contributed by atoms with E-state index >= 15 is 0 Å². The van der Waals surface area contributed by atoms with Crippen molar-refractivity contribution in [1.82, 2.24) is 15.2 Å². The molecule has 30 heavy (non-hydrogen) atoms. The summed E-state index contributed by atoms with van der Waals surface area (Å²) < 4.78 is 0. The normalized spacial score (nSPS) is 19.4. The van der Waals surface area contributed by atoms with E-state index < -0.39 is 0 Å². The number of allylic oxidation sites excluding steroid dienone is 4. The molecule has 3 rings (SSSR count). The van der Waals surface area contributed by atoms with Crippen LogP contribution in [0.5, 0.6) is 0 Å². The summed E-state index contributed by atoms with van der Waals surface area (Å²) >= 11 is 0. The molecule has 0 radical (unpaired) electrons. The number of likely N-dealkylation sites (tertiary alicyclic amines) is 1. The Hall–Kier alpha value is -2.70. The van der Waals surface area contributed by atoms with E-state index in [0.29, 0.717) is 12.2 Å². The first-order valence-electron chi connectivity index (χ1n) is 10.8. The highest BCUT2D eigenvalue weighted by atomic mass is 16.2. The van der Waals surface area contributed by atoms with Crippen molar-refractivity contribution < 1.29 is 4.79 Å². The van der Waals surface area contributed by atoms with Crippen molar-refractivity contribution in [1.29, 1.82) is 0 Å². The van der Waals surface area contributed by atoms with Crippen LogP contribution in [-0.4, -0.2) is 60.9 Å². The molecule has 0 aromatic rings. The van der Waals surface area contributed by atoms with Gasteiger partial charge in [0.1, 0.15) is 17.9 Å². The van der Waals surface area contributed by atoms with Gasteiger partial charge in [0.15, 0.2) is 0 Å². The lowest BCUT2D eigenvalue weighted by atomic mass is 10.1. The summed E-state index contributed by atoms with van der Waals surface area (Å²) in [6.07, 6.45) is 14.6. The minimum Gasteiger partial charge on any atom is -0.361 e. The molecule has 0 aliphatic carbocycles. The van der Waals surface area contributed by atoms with Crippen LogP contribution in [0.25, 0.3) is 0 Å². The van der Waals surface area contributed by atoms with E-state index in [1.54, 1.807) is 12.1 Å². The molecule has 164 valence electrons. The van der Waals surface area contributed by atoms with Crippen molar-refractivity contribution in [3.8, 4) is 0 Å². The standard InChI is InChI=1S/C15H25N5O.C8H11N/c1-12(2)14-17-8-7-13(15(21)16-3)20(14)18-11-19-9-5-4-6-10-19;1-7-4-3-5-8(2)9-6-7/h7,11-12H,4-6,8-10H2,1-3H3,(H,16,21);4-6H,3H2,1-2H3/b18-11+;. The summed E-state index contributed by atoms with van der Waals surface area (Å²) in [5, 5.41) is 8.89. The van der Waals surface area contributed by atoms with Gasteiger partial charge in [-0.2, -0.15) is 5.10 Å². The Balaban J connectivity index is 0.000000297. The Morgan fingerprint density at radius 3 is 2.57 bits per heavy atom. The van der Waals surface area contributed by atoms with E-state index in [1.165, 1.54) is 24.8 Å². The van der Waals surface area contributed by atoms with Gasteiger partial charge in [0.05, 0.1) is 6.54 Å². The minimum absolute atomic E-state index is 0.126. The molecule has 0 bridgehead atoms. The lowest BCUT2D eigenvalue weighted by molar-refractivity contribution is -0.118. The Labute approximate surface area is 181 Å². The minimum atomic E-state index is -0.126. The Morgan fingerprint density at radius 2 is 1.90 bits per heavy atom. The number of carbonyl (C=O) groups is 1. The molecule has 3 aliphatic heterocycles.